The van der Waals surface area contributed by atoms with Crippen LogP contribution in [0.15, 0.2) is 0 Å². The maximum absolute atomic E-state index is 12.6. The van der Waals surface area contributed by atoms with Crippen molar-refractivity contribution in [2.75, 3.05) is 30.0 Å². The summed E-state index contributed by atoms with van der Waals surface area (Å²) >= 11 is 0. The van der Waals surface area contributed by atoms with Gasteiger partial charge >= 0.3 is 6.18 Å². The number of aryl methyl sites for hydroxylation is 1. The lowest BCUT2D eigenvalue weighted by Crippen LogP contribution is -2.37. The van der Waals surface area contributed by atoms with Crippen LogP contribution in [-0.2, 0) is 6.42 Å². The normalized spacial score (nSPS) is 11.6. The monoisotopic (exact) mass is 293 g/mol. The highest BCUT2D eigenvalue weighted by molar-refractivity contribution is 5.58. The molecule has 0 atom stereocenters. The van der Waals surface area contributed by atoms with E-state index in [9.17, 15) is 13.2 Å². The molecule has 1 aromatic rings. The summed E-state index contributed by atoms with van der Waals surface area (Å²) in [4.78, 5) is 9.17. The van der Waals surface area contributed by atoms with Gasteiger partial charge in [0.2, 0.25) is 0 Å². The molecule has 0 spiro atoms. The Hall–Kier alpha value is -1.61. The van der Waals surface area contributed by atoms with Gasteiger partial charge in [-0.2, -0.15) is 13.2 Å². The van der Waals surface area contributed by atoms with Crippen molar-refractivity contribution in [1.82, 2.24) is 9.97 Å². The second-order valence-corrected chi connectivity index (χ2v) is 4.20. The average molecular weight is 293 g/mol. The van der Waals surface area contributed by atoms with E-state index >= 15 is 0 Å². The molecule has 0 aromatic carbocycles. The van der Waals surface area contributed by atoms with Crippen molar-refractivity contribution in [2.45, 2.75) is 26.4 Å². The van der Waals surface area contributed by atoms with Crippen LogP contribution in [0.3, 0.4) is 0 Å². The summed E-state index contributed by atoms with van der Waals surface area (Å²) in [5.41, 5.74) is 2.75. The Balaban J connectivity index is 3.23. The fourth-order valence-corrected chi connectivity index (χ4v) is 1.75. The van der Waals surface area contributed by atoms with Gasteiger partial charge < -0.3 is 15.4 Å². The van der Waals surface area contributed by atoms with Crippen molar-refractivity contribution in [3.05, 3.63) is 11.4 Å². The number of nitrogens with one attached hydrogen (secondary N) is 1. The van der Waals surface area contributed by atoms with Gasteiger partial charge in [-0.3, -0.25) is 0 Å². The molecule has 9 heteroatoms. The van der Waals surface area contributed by atoms with Crippen LogP contribution in [-0.4, -0.2) is 40.9 Å². The highest BCUT2D eigenvalue weighted by atomic mass is 19.4. The van der Waals surface area contributed by atoms with Crippen LogP contribution in [0.4, 0.5) is 24.8 Å². The van der Waals surface area contributed by atoms with Crippen molar-refractivity contribution in [2.24, 2.45) is 5.84 Å². The fourth-order valence-electron chi connectivity index (χ4n) is 1.75. The summed E-state index contributed by atoms with van der Waals surface area (Å²) in [7, 11) is 0. The number of aromatic nitrogens is 2. The molecule has 0 bridgehead atoms. The Morgan fingerprint density at radius 1 is 1.35 bits per heavy atom. The first-order chi connectivity index (χ1) is 9.32. The number of rotatable bonds is 6. The van der Waals surface area contributed by atoms with Crippen LogP contribution in [0.5, 0.6) is 0 Å². The zero-order valence-electron chi connectivity index (χ0n) is 11.3. The van der Waals surface area contributed by atoms with Gasteiger partial charge in [0.1, 0.15) is 24.0 Å². The molecule has 4 N–H and O–H groups in total. The first-order valence-electron chi connectivity index (χ1n) is 6.09. The molecule has 0 unspecified atom stereocenters. The molecule has 114 valence electrons. The summed E-state index contributed by atoms with van der Waals surface area (Å²) < 4.78 is 37.8. The Morgan fingerprint density at radius 3 is 2.45 bits per heavy atom. The molecule has 0 fully saturated rings. The largest absolute Gasteiger partial charge is 0.405 e. The standard InChI is InChI=1S/C11H18F3N5O/c1-3-8-16-9(18-15)7(2)10(17-8)19(4-5-20)6-11(12,13)14/h20H,3-6,15H2,1-2H3,(H,16,17,18). The van der Waals surface area contributed by atoms with E-state index in [1.807, 2.05) is 0 Å². The first kappa shape index (κ1) is 16.4. The number of aliphatic hydroxyl groups is 1. The van der Waals surface area contributed by atoms with Crippen molar-refractivity contribution in [1.29, 1.82) is 0 Å². The van der Waals surface area contributed by atoms with E-state index in [0.717, 1.165) is 4.90 Å². The lowest BCUT2D eigenvalue weighted by atomic mass is 10.2. The summed E-state index contributed by atoms with van der Waals surface area (Å²) in [5, 5.41) is 8.95. The molecular formula is C11H18F3N5O. The molecule has 0 saturated carbocycles. The second-order valence-electron chi connectivity index (χ2n) is 4.20. The lowest BCUT2D eigenvalue weighted by molar-refractivity contribution is -0.120. The minimum atomic E-state index is -4.39. The Kier molecular flexibility index (Phi) is 5.52. The van der Waals surface area contributed by atoms with Gasteiger partial charge in [-0.25, -0.2) is 15.8 Å². The van der Waals surface area contributed by atoms with Crippen molar-refractivity contribution in [3.8, 4) is 0 Å². The lowest BCUT2D eigenvalue weighted by Gasteiger charge is -2.26. The number of nitrogens with zero attached hydrogens (tertiary/aromatic N) is 3. The maximum atomic E-state index is 12.6. The Labute approximate surface area is 114 Å². The van der Waals surface area contributed by atoms with Crippen molar-refractivity contribution < 1.29 is 18.3 Å². The number of nitrogens with two attached hydrogens (primary N) is 1. The van der Waals surface area contributed by atoms with Gasteiger partial charge in [0.25, 0.3) is 0 Å². The average Bonchev–Trinajstić information content (AvgIpc) is 2.37. The van der Waals surface area contributed by atoms with Crippen LogP contribution in [0.2, 0.25) is 0 Å². The molecule has 0 saturated heterocycles. The van der Waals surface area contributed by atoms with Crippen molar-refractivity contribution >= 4 is 11.6 Å². The van der Waals surface area contributed by atoms with Gasteiger partial charge in [0, 0.05) is 18.5 Å². The molecule has 1 aromatic heterocycles. The first-order valence-corrected chi connectivity index (χ1v) is 6.09. The molecule has 1 heterocycles. The molecule has 0 aliphatic heterocycles. The van der Waals surface area contributed by atoms with Crippen LogP contribution in [0.1, 0.15) is 18.3 Å². The topological polar surface area (TPSA) is 87.3 Å². The molecule has 1 rings (SSSR count). The third kappa shape index (κ3) is 4.20. The molecule has 6 nitrogen and oxygen atoms in total. The van der Waals surface area contributed by atoms with E-state index in [1.165, 1.54) is 0 Å². The number of anilines is 2. The number of nitrogen functional groups attached to an aromatic ring is 1. The predicted molar refractivity (Wildman–Crippen MR) is 69.3 cm³/mol. The number of halogens is 3. The maximum Gasteiger partial charge on any atom is 0.405 e. The Morgan fingerprint density at radius 2 is 2.00 bits per heavy atom. The van der Waals surface area contributed by atoms with Gasteiger partial charge in [-0.1, -0.05) is 6.92 Å². The predicted octanol–water partition coefficient (Wildman–Crippen LogP) is 0.994. The van der Waals surface area contributed by atoms with Crippen LogP contribution < -0.4 is 16.2 Å². The smallest absolute Gasteiger partial charge is 0.395 e. The van der Waals surface area contributed by atoms with Gasteiger partial charge in [-0.15, -0.1) is 0 Å². The van der Waals surface area contributed by atoms with Gasteiger partial charge in [-0.05, 0) is 6.92 Å². The summed E-state index contributed by atoms with van der Waals surface area (Å²) in [6.07, 6.45) is -3.93. The third-order valence-corrected chi connectivity index (χ3v) is 2.66. The second kappa shape index (κ2) is 6.71. The SMILES string of the molecule is CCc1nc(NN)c(C)c(N(CCO)CC(F)(F)F)n1. The van der Waals surface area contributed by atoms with E-state index in [4.69, 9.17) is 10.9 Å². The molecule has 0 aliphatic rings. The van der Waals surface area contributed by atoms with Crippen LogP contribution in [0.25, 0.3) is 0 Å². The van der Waals surface area contributed by atoms with Crippen LogP contribution in [0, 0.1) is 6.92 Å². The van der Waals surface area contributed by atoms with E-state index in [0.29, 0.717) is 17.8 Å². The third-order valence-electron chi connectivity index (χ3n) is 2.66. The minimum absolute atomic E-state index is 0.121. The zero-order chi connectivity index (χ0) is 15.3. The highest BCUT2D eigenvalue weighted by Gasteiger charge is 2.32. The molecule has 0 aliphatic carbocycles. The van der Waals surface area contributed by atoms with E-state index in [-0.39, 0.29) is 18.2 Å². The number of aliphatic hydroxyl groups excluding tert-OH is 1. The zero-order valence-corrected chi connectivity index (χ0v) is 11.3. The molecule has 20 heavy (non-hydrogen) atoms. The van der Waals surface area contributed by atoms with Crippen LogP contribution >= 0.6 is 0 Å². The number of hydrazine groups is 1. The number of hydrogen-bond acceptors (Lipinski definition) is 6. The van der Waals surface area contributed by atoms with Gasteiger partial charge in [0.05, 0.1) is 6.61 Å². The van der Waals surface area contributed by atoms with E-state index < -0.39 is 19.3 Å². The summed E-state index contributed by atoms with van der Waals surface area (Å²) in [6, 6.07) is 0. The van der Waals surface area contributed by atoms with E-state index in [2.05, 4.69) is 15.4 Å². The van der Waals surface area contributed by atoms with Gasteiger partial charge in [0.15, 0.2) is 0 Å². The minimum Gasteiger partial charge on any atom is -0.395 e. The molecule has 0 amide bonds. The fraction of sp³-hybridized carbons (Fsp3) is 0.636. The summed E-state index contributed by atoms with van der Waals surface area (Å²) in [6.45, 7) is 1.58. The summed E-state index contributed by atoms with van der Waals surface area (Å²) in [5.74, 6) is 6.09. The highest BCUT2D eigenvalue weighted by Crippen LogP contribution is 2.26. The quantitative estimate of drug-likeness (QED) is 0.535. The van der Waals surface area contributed by atoms with E-state index in [1.54, 1.807) is 13.8 Å². The van der Waals surface area contributed by atoms with Crippen molar-refractivity contribution in [3.63, 3.8) is 0 Å². The number of hydrogen-bond donors (Lipinski definition) is 3. The molecular weight excluding hydrogens is 275 g/mol. The Bertz CT molecular complexity index is 452. The molecule has 0 radical (unpaired) electrons. The number of alkyl halides is 3.